The largest absolute Gasteiger partial charge is 0.484 e. The smallest absolute Gasteiger partial charge is 0.336 e. The lowest BCUT2D eigenvalue weighted by Gasteiger charge is -2.08. The fourth-order valence-corrected chi connectivity index (χ4v) is 2.38. The maximum Gasteiger partial charge on any atom is 0.336 e. The number of ketones is 1. The second kappa shape index (κ2) is 3.70. The van der Waals surface area contributed by atoms with Gasteiger partial charge in [0.25, 0.3) is 0 Å². The summed E-state index contributed by atoms with van der Waals surface area (Å²) < 4.78 is 10.6. The van der Waals surface area contributed by atoms with Crippen LogP contribution >= 0.6 is 0 Å². The molecule has 2 heterocycles. The predicted molar refractivity (Wildman–Crippen MR) is 66.4 cm³/mol. The quantitative estimate of drug-likeness (QED) is 0.722. The number of ether oxygens (including phenoxy) is 1. The molecule has 1 aliphatic rings. The number of aryl methyl sites for hydroxylation is 2. The maximum atomic E-state index is 11.9. The zero-order valence-electron chi connectivity index (χ0n) is 10.2. The van der Waals surface area contributed by atoms with E-state index in [1.165, 1.54) is 6.07 Å². The molecule has 0 atom stereocenters. The minimum Gasteiger partial charge on any atom is -0.484 e. The summed E-state index contributed by atoms with van der Waals surface area (Å²) in [6.07, 6.45) is 0.768. The minimum absolute atomic E-state index is 0.0269. The van der Waals surface area contributed by atoms with Crippen LogP contribution in [0.3, 0.4) is 0 Å². The molecule has 0 amide bonds. The molecule has 18 heavy (non-hydrogen) atoms. The van der Waals surface area contributed by atoms with Gasteiger partial charge >= 0.3 is 5.63 Å². The SMILES string of the molecule is CCc1cc2c(C)cc(=O)oc2c2c1OCC2=O. The average molecular weight is 244 g/mol. The molecule has 1 aromatic heterocycles. The molecule has 92 valence electrons. The Morgan fingerprint density at radius 2 is 2.06 bits per heavy atom. The number of carbonyl (C=O) groups excluding carboxylic acids is 1. The molecule has 0 unspecified atom stereocenters. The fourth-order valence-electron chi connectivity index (χ4n) is 2.38. The number of carbonyl (C=O) groups is 1. The Balaban J connectivity index is 2.53. The first-order valence-electron chi connectivity index (χ1n) is 5.88. The molecule has 3 rings (SSSR count). The molecule has 0 bridgehead atoms. The molecule has 0 saturated heterocycles. The Morgan fingerprint density at radius 1 is 1.28 bits per heavy atom. The molecular weight excluding hydrogens is 232 g/mol. The number of Topliss-reactive ketones (excluding diaryl/α,β-unsaturated/α-hetero) is 1. The lowest BCUT2D eigenvalue weighted by molar-refractivity contribution is 0.0961. The van der Waals surface area contributed by atoms with Gasteiger partial charge in [-0.05, 0) is 30.5 Å². The van der Waals surface area contributed by atoms with Gasteiger partial charge in [0, 0.05) is 11.5 Å². The van der Waals surface area contributed by atoms with Crippen molar-refractivity contribution in [3.63, 3.8) is 0 Å². The number of hydrogen-bond donors (Lipinski definition) is 0. The fraction of sp³-hybridized carbons (Fsp3) is 0.286. The van der Waals surface area contributed by atoms with Gasteiger partial charge in [-0.15, -0.1) is 0 Å². The standard InChI is InChI=1S/C14H12O4/c1-3-8-5-9-7(2)4-11(16)18-14(9)12-10(15)6-17-13(8)12/h4-5H,3,6H2,1-2H3. The van der Waals surface area contributed by atoms with Crippen LogP contribution in [0.25, 0.3) is 11.0 Å². The summed E-state index contributed by atoms with van der Waals surface area (Å²) in [5, 5.41) is 0.809. The van der Waals surface area contributed by atoms with E-state index in [9.17, 15) is 9.59 Å². The van der Waals surface area contributed by atoms with E-state index in [0.29, 0.717) is 16.9 Å². The molecule has 1 aromatic carbocycles. The zero-order chi connectivity index (χ0) is 12.9. The lowest BCUT2D eigenvalue weighted by atomic mass is 9.99. The average Bonchev–Trinajstić information content (AvgIpc) is 2.71. The van der Waals surface area contributed by atoms with Crippen LogP contribution < -0.4 is 10.4 Å². The highest BCUT2D eigenvalue weighted by Crippen LogP contribution is 2.36. The van der Waals surface area contributed by atoms with Gasteiger partial charge in [-0.3, -0.25) is 4.79 Å². The van der Waals surface area contributed by atoms with Crippen molar-refractivity contribution in [3.8, 4) is 5.75 Å². The van der Waals surface area contributed by atoms with Crippen molar-refractivity contribution < 1.29 is 13.9 Å². The molecule has 1 aliphatic heterocycles. The van der Waals surface area contributed by atoms with Gasteiger partial charge in [0.05, 0.1) is 0 Å². The summed E-state index contributed by atoms with van der Waals surface area (Å²) in [5.74, 6) is 0.447. The van der Waals surface area contributed by atoms with Crippen molar-refractivity contribution in [2.24, 2.45) is 0 Å². The van der Waals surface area contributed by atoms with Crippen molar-refractivity contribution in [1.29, 1.82) is 0 Å². The van der Waals surface area contributed by atoms with E-state index in [1.807, 2.05) is 19.9 Å². The van der Waals surface area contributed by atoms with Crippen LogP contribution in [0, 0.1) is 6.92 Å². The van der Waals surface area contributed by atoms with E-state index >= 15 is 0 Å². The van der Waals surface area contributed by atoms with Crippen molar-refractivity contribution in [1.82, 2.24) is 0 Å². The number of benzene rings is 1. The van der Waals surface area contributed by atoms with E-state index in [4.69, 9.17) is 9.15 Å². The molecule has 0 fully saturated rings. The monoisotopic (exact) mass is 244 g/mol. The first-order valence-corrected chi connectivity index (χ1v) is 5.88. The van der Waals surface area contributed by atoms with E-state index in [2.05, 4.69) is 0 Å². The van der Waals surface area contributed by atoms with Gasteiger partial charge in [-0.1, -0.05) is 6.92 Å². The lowest BCUT2D eigenvalue weighted by Crippen LogP contribution is -2.03. The van der Waals surface area contributed by atoms with E-state index in [0.717, 1.165) is 22.9 Å². The zero-order valence-corrected chi connectivity index (χ0v) is 10.2. The third-order valence-corrected chi connectivity index (χ3v) is 3.28. The molecule has 0 N–H and O–H groups in total. The van der Waals surface area contributed by atoms with Crippen molar-refractivity contribution >= 4 is 16.8 Å². The summed E-state index contributed by atoms with van der Waals surface area (Å²) in [4.78, 5) is 23.3. The second-order valence-electron chi connectivity index (χ2n) is 4.43. The summed E-state index contributed by atoms with van der Waals surface area (Å²) in [6.45, 7) is 3.87. The highest BCUT2D eigenvalue weighted by Gasteiger charge is 2.28. The molecule has 4 nitrogen and oxygen atoms in total. The molecule has 0 aliphatic carbocycles. The predicted octanol–water partition coefficient (Wildman–Crippen LogP) is 2.24. The third kappa shape index (κ3) is 1.38. The number of hydrogen-bond acceptors (Lipinski definition) is 4. The first kappa shape index (κ1) is 11.0. The van der Waals surface area contributed by atoms with Gasteiger partial charge in [-0.25, -0.2) is 4.79 Å². The highest BCUT2D eigenvalue weighted by atomic mass is 16.5. The number of fused-ring (bicyclic) bond motifs is 3. The van der Waals surface area contributed by atoms with Gasteiger partial charge in [0.1, 0.15) is 11.3 Å². The van der Waals surface area contributed by atoms with E-state index < -0.39 is 5.63 Å². The van der Waals surface area contributed by atoms with Crippen LogP contribution in [0.2, 0.25) is 0 Å². The Kier molecular flexibility index (Phi) is 2.26. The molecule has 0 saturated carbocycles. The normalized spacial score (nSPS) is 13.8. The van der Waals surface area contributed by atoms with E-state index in [-0.39, 0.29) is 12.4 Å². The summed E-state index contributed by atoms with van der Waals surface area (Å²) in [7, 11) is 0. The summed E-state index contributed by atoms with van der Waals surface area (Å²) in [5.41, 5.74) is 2.13. The topological polar surface area (TPSA) is 56.5 Å². The molecule has 0 spiro atoms. The minimum atomic E-state index is -0.439. The Labute approximate surface area is 103 Å². The number of rotatable bonds is 1. The van der Waals surface area contributed by atoms with Gasteiger partial charge in [0.2, 0.25) is 5.78 Å². The van der Waals surface area contributed by atoms with Crippen LogP contribution in [-0.4, -0.2) is 12.4 Å². The van der Waals surface area contributed by atoms with Crippen LogP contribution in [0.5, 0.6) is 5.75 Å². The van der Waals surface area contributed by atoms with Crippen molar-refractivity contribution in [2.45, 2.75) is 20.3 Å². The highest BCUT2D eigenvalue weighted by molar-refractivity contribution is 6.12. The first-order chi connectivity index (χ1) is 8.61. The van der Waals surface area contributed by atoms with Gasteiger partial charge < -0.3 is 9.15 Å². The van der Waals surface area contributed by atoms with Gasteiger partial charge in [-0.2, -0.15) is 0 Å². The second-order valence-corrected chi connectivity index (χ2v) is 4.43. The molecule has 4 heteroatoms. The summed E-state index contributed by atoms with van der Waals surface area (Å²) in [6, 6.07) is 3.37. The molecule has 2 aromatic rings. The summed E-state index contributed by atoms with van der Waals surface area (Å²) >= 11 is 0. The van der Waals surface area contributed by atoms with Crippen LogP contribution in [-0.2, 0) is 6.42 Å². The Morgan fingerprint density at radius 3 is 2.78 bits per heavy atom. The van der Waals surface area contributed by atoms with Crippen LogP contribution in [0.4, 0.5) is 0 Å². The third-order valence-electron chi connectivity index (χ3n) is 3.28. The maximum absolute atomic E-state index is 11.9. The van der Waals surface area contributed by atoms with Crippen LogP contribution in [0.15, 0.2) is 21.3 Å². The van der Waals surface area contributed by atoms with Crippen LogP contribution in [0.1, 0.15) is 28.4 Å². The molecular formula is C14H12O4. The molecule has 0 radical (unpaired) electrons. The van der Waals surface area contributed by atoms with Gasteiger partial charge in [0.15, 0.2) is 12.2 Å². The Hall–Kier alpha value is -2.10. The van der Waals surface area contributed by atoms with Crippen molar-refractivity contribution in [2.75, 3.05) is 6.61 Å². The Bertz CT molecular complexity index is 725. The van der Waals surface area contributed by atoms with E-state index in [1.54, 1.807) is 0 Å². The van der Waals surface area contributed by atoms with Crippen molar-refractivity contribution in [3.05, 3.63) is 39.2 Å².